The number of nitriles is 1. The Balaban J connectivity index is 1.30. The number of anilines is 3. The summed E-state index contributed by atoms with van der Waals surface area (Å²) in [5, 5.41) is 33.6. The Labute approximate surface area is 225 Å². The van der Waals surface area contributed by atoms with Crippen LogP contribution in [0.5, 0.6) is 11.5 Å². The Kier molecular flexibility index (Phi) is 7.79. The van der Waals surface area contributed by atoms with Gasteiger partial charge in [0.2, 0.25) is 5.95 Å². The van der Waals surface area contributed by atoms with Crippen molar-refractivity contribution in [1.29, 1.82) is 5.26 Å². The molecule has 1 fully saturated rings. The molecule has 0 spiro atoms. The van der Waals surface area contributed by atoms with E-state index < -0.39 is 0 Å². The molecule has 0 aliphatic carbocycles. The molecule has 39 heavy (non-hydrogen) atoms. The molecule has 5 rings (SSSR count). The lowest BCUT2D eigenvalue weighted by Gasteiger charge is -2.26. The first-order valence-electron chi connectivity index (χ1n) is 12.6. The van der Waals surface area contributed by atoms with Gasteiger partial charge in [0.1, 0.15) is 30.0 Å². The molecule has 12 heteroatoms. The zero-order valence-corrected chi connectivity index (χ0v) is 21.7. The second-order valence-corrected chi connectivity index (χ2v) is 9.26. The van der Waals surface area contributed by atoms with Crippen molar-refractivity contribution in [3.8, 4) is 28.7 Å². The van der Waals surface area contributed by atoms with Crippen LogP contribution in [0.4, 0.5) is 17.3 Å². The highest BCUT2D eigenvalue weighted by Crippen LogP contribution is 2.34. The van der Waals surface area contributed by atoms with Gasteiger partial charge in [-0.15, -0.1) is 5.10 Å². The molecule has 2 aromatic heterocycles. The van der Waals surface area contributed by atoms with E-state index in [4.69, 9.17) is 9.47 Å². The van der Waals surface area contributed by atoms with E-state index in [9.17, 15) is 10.4 Å². The standard InChI is InChI=1S/C27H29N9O3/c1-18(15-35-17-31-33-34-35)39-25-10-19(5-6-20(25)12-28)21-13-29-27(30-14-21)32-24-8-7-22(11-26(24)38-2)36-9-3-4-23(36)16-37/h5-8,10-11,13-14,17-18,23,37H,3-4,9,15-16H2,1-2H3,(H,29,30,32). The van der Waals surface area contributed by atoms with Crippen molar-refractivity contribution in [3.63, 3.8) is 0 Å². The van der Waals surface area contributed by atoms with Gasteiger partial charge in [0.05, 0.1) is 37.6 Å². The molecule has 1 aliphatic rings. The van der Waals surface area contributed by atoms with Crippen molar-refractivity contribution in [2.24, 2.45) is 0 Å². The van der Waals surface area contributed by atoms with Gasteiger partial charge in [0.15, 0.2) is 0 Å². The summed E-state index contributed by atoms with van der Waals surface area (Å²) in [6, 6.07) is 13.6. The van der Waals surface area contributed by atoms with Crippen LogP contribution in [0.1, 0.15) is 25.3 Å². The largest absolute Gasteiger partial charge is 0.494 e. The number of aliphatic hydroxyl groups excluding tert-OH is 1. The van der Waals surface area contributed by atoms with Crippen molar-refractivity contribution < 1.29 is 14.6 Å². The molecule has 2 N–H and O–H groups in total. The zero-order chi connectivity index (χ0) is 27.2. The smallest absolute Gasteiger partial charge is 0.227 e. The van der Waals surface area contributed by atoms with Crippen LogP contribution in [0.3, 0.4) is 0 Å². The molecule has 1 saturated heterocycles. The van der Waals surface area contributed by atoms with Crippen LogP contribution < -0.4 is 19.7 Å². The maximum atomic E-state index is 9.67. The summed E-state index contributed by atoms with van der Waals surface area (Å²) in [6.45, 7) is 3.37. The fourth-order valence-corrected chi connectivity index (χ4v) is 4.66. The van der Waals surface area contributed by atoms with Crippen molar-refractivity contribution in [2.75, 3.05) is 30.5 Å². The molecule has 3 heterocycles. The number of aliphatic hydroxyl groups is 1. The van der Waals surface area contributed by atoms with Crippen LogP contribution in [0.2, 0.25) is 0 Å². The van der Waals surface area contributed by atoms with E-state index in [0.717, 1.165) is 41.9 Å². The van der Waals surface area contributed by atoms with Gasteiger partial charge in [-0.3, -0.25) is 0 Å². The maximum absolute atomic E-state index is 9.67. The van der Waals surface area contributed by atoms with E-state index in [2.05, 4.69) is 41.8 Å². The predicted molar refractivity (Wildman–Crippen MR) is 144 cm³/mol. The van der Waals surface area contributed by atoms with E-state index in [-0.39, 0.29) is 18.8 Å². The number of rotatable bonds is 10. The number of nitrogens with one attached hydrogen (secondary N) is 1. The molecule has 0 saturated carbocycles. The number of aromatic nitrogens is 6. The molecule has 1 aliphatic heterocycles. The second-order valence-electron chi connectivity index (χ2n) is 9.26. The SMILES string of the molecule is COc1cc(N2CCCC2CO)ccc1Nc1ncc(-c2ccc(C#N)c(OC(C)Cn3cnnn3)c2)cn1. The summed E-state index contributed by atoms with van der Waals surface area (Å²) in [7, 11) is 1.62. The summed E-state index contributed by atoms with van der Waals surface area (Å²) in [5.41, 5.74) is 3.76. The third-order valence-electron chi connectivity index (χ3n) is 6.60. The lowest BCUT2D eigenvalue weighted by atomic mass is 10.1. The lowest BCUT2D eigenvalue weighted by Crippen LogP contribution is -2.31. The molecular weight excluding hydrogens is 498 g/mol. The van der Waals surface area contributed by atoms with Gasteiger partial charge in [0.25, 0.3) is 0 Å². The number of ether oxygens (including phenoxy) is 2. The highest BCUT2D eigenvalue weighted by atomic mass is 16.5. The summed E-state index contributed by atoms with van der Waals surface area (Å²) in [6.07, 6.45) is 6.70. The number of tetrazole rings is 1. The van der Waals surface area contributed by atoms with Crippen molar-refractivity contribution in [2.45, 2.75) is 38.5 Å². The molecule has 2 unspecified atom stereocenters. The van der Waals surface area contributed by atoms with Gasteiger partial charge in [0, 0.05) is 36.3 Å². The van der Waals surface area contributed by atoms with Gasteiger partial charge in [-0.25, -0.2) is 14.6 Å². The number of hydrogen-bond acceptors (Lipinski definition) is 11. The van der Waals surface area contributed by atoms with Crippen LogP contribution in [0.25, 0.3) is 11.1 Å². The number of hydrogen-bond donors (Lipinski definition) is 2. The Bertz CT molecular complexity index is 1440. The van der Waals surface area contributed by atoms with E-state index in [1.165, 1.54) is 6.33 Å². The monoisotopic (exact) mass is 527 g/mol. The minimum Gasteiger partial charge on any atom is -0.494 e. The Morgan fingerprint density at radius 2 is 2.00 bits per heavy atom. The Morgan fingerprint density at radius 1 is 1.15 bits per heavy atom. The van der Waals surface area contributed by atoms with Crippen LogP contribution in [-0.2, 0) is 6.54 Å². The van der Waals surface area contributed by atoms with Gasteiger partial charge in [-0.2, -0.15) is 5.26 Å². The zero-order valence-electron chi connectivity index (χ0n) is 21.7. The van der Waals surface area contributed by atoms with Gasteiger partial charge in [-0.1, -0.05) is 6.07 Å². The summed E-state index contributed by atoms with van der Waals surface area (Å²) < 4.78 is 13.2. The average molecular weight is 528 g/mol. The highest BCUT2D eigenvalue weighted by Gasteiger charge is 2.24. The minimum atomic E-state index is -0.264. The van der Waals surface area contributed by atoms with E-state index in [0.29, 0.717) is 29.6 Å². The lowest BCUT2D eigenvalue weighted by molar-refractivity contribution is 0.192. The first-order chi connectivity index (χ1) is 19.1. The van der Waals surface area contributed by atoms with E-state index in [1.807, 2.05) is 31.2 Å². The highest BCUT2D eigenvalue weighted by molar-refractivity contribution is 5.70. The van der Waals surface area contributed by atoms with E-state index in [1.54, 1.807) is 36.3 Å². The third-order valence-corrected chi connectivity index (χ3v) is 6.60. The number of methoxy groups -OCH3 is 1. The molecule has 0 bridgehead atoms. The van der Waals surface area contributed by atoms with Gasteiger partial charge in [-0.05, 0) is 60.0 Å². The Hall–Kier alpha value is -4.76. The molecule has 2 atom stereocenters. The molecule has 4 aromatic rings. The average Bonchev–Trinajstić information content (AvgIpc) is 3.66. The maximum Gasteiger partial charge on any atom is 0.227 e. The van der Waals surface area contributed by atoms with Crippen LogP contribution in [0.15, 0.2) is 55.1 Å². The topological polar surface area (TPSA) is 147 Å². The van der Waals surface area contributed by atoms with Crippen molar-refractivity contribution >= 4 is 17.3 Å². The first-order valence-corrected chi connectivity index (χ1v) is 12.6. The van der Waals surface area contributed by atoms with Crippen LogP contribution in [0, 0.1) is 11.3 Å². The van der Waals surface area contributed by atoms with Crippen molar-refractivity contribution in [3.05, 3.63) is 60.7 Å². The second kappa shape index (κ2) is 11.7. The fourth-order valence-electron chi connectivity index (χ4n) is 4.66. The minimum absolute atomic E-state index is 0.131. The molecule has 0 amide bonds. The molecule has 200 valence electrons. The fraction of sp³-hybridized carbons (Fsp3) is 0.333. The quantitative estimate of drug-likeness (QED) is 0.313. The Morgan fingerprint density at radius 3 is 2.72 bits per heavy atom. The van der Waals surface area contributed by atoms with Gasteiger partial charge < -0.3 is 24.8 Å². The summed E-state index contributed by atoms with van der Waals surface area (Å²) in [5.74, 6) is 1.54. The third kappa shape index (κ3) is 5.89. The normalized spacial score (nSPS) is 15.5. The molecule has 0 radical (unpaired) electrons. The first kappa shape index (κ1) is 25.9. The molecule has 12 nitrogen and oxygen atoms in total. The molecule has 2 aromatic carbocycles. The van der Waals surface area contributed by atoms with Crippen molar-refractivity contribution in [1.82, 2.24) is 30.2 Å². The van der Waals surface area contributed by atoms with Crippen LogP contribution in [-0.4, -0.2) is 67.7 Å². The number of nitrogens with zero attached hydrogens (tertiary/aromatic N) is 8. The van der Waals surface area contributed by atoms with Gasteiger partial charge >= 0.3 is 0 Å². The summed E-state index contributed by atoms with van der Waals surface area (Å²) >= 11 is 0. The summed E-state index contributed by atoms with van der Waals surface area (Å²) in [4.78, 5) is 11.2. The van der Waals surface area contributed by atoms with Crippen LogP contribution >= 0.6 is 0 Å². The number of benzene rings is 2. The predicted octanol–water partition coefficient (Wildman–Crippen LogP) is 3.18. The van der Waals surface area contributed by atoms with E-state index >= 15 is 0 Å². The molecular formula is C27H29N9O3.